The Morgan fingerprint density at radius 1 is 0.844 bits per heavy atom. The van der Waals surface area contributed by atoms with E-state index in [1.165, 1.54) is 6.42 Å². The monoisotopic (exact) mass is 432 g/mol. The summed E-state index contributed by atoms with van der Waals surface area (Å²) in [5.41, 5.74) is 1.86. The van der Waals surface area contributed by atoms with Gasteiger partial charge in [0.15, 0.2) is 0 Å². The summed E-state index contributed by atoms with van der Waals surface area (Å²) in [4.78, 5) is 27.2. The van der Waals surface area contributed by atoms with E-state index in [1.807, 2.05) is 42.5 Å². The molecule has 1 unspecified atom stereocenters. The SMILES string of the molecule is O=C(Nc1ccccc1)Nc1ccc(C(=O)NCC(c2ccco2)N2CCCCC2)cc1. The van der Waals surface area contributed by atoms with E-state index in [1.54, 1.807) is 30.5 Å². The van der Waals surface area contributed by atoms with Gasteiger partial charge in [0, 0.05) is 23.5 Å². The van der Waals surface area contributed by atoms with Gasteiger partial charge in [-0.05, 0) is 74.5 Å². The van der Waals surface area contributed by atoms with Crippen molar-refractivity contribution in [3.63, 3.8) is 0 Å². The van der Waals surface area contributed by atoms with Crippen molar-refractivity contribution in [3.8, 4) is 0 Å². The minimum absolute atomic E-state index is 0.0249. The molecule has 7 heteroatoms. The van der Waals surface area contributed by atoms with E-state index in [2.05, 4.69) is 20.9 Å². The van der Waals surface area contributed by atoms with Crippen LogP contribution in [0.3, 0.4) is 0 Å². The Kier molecular flexibility index (Phi) is 7.19. The number of likely N-dealkylation sites (tertiary alicyclic amines) is 1. The molecule has 3 amide bonds. The molecule has 1 aromatic heterocycles. The van der Waals surface area contributed by atoms with Crippen molar-refractivity contribution in [2.75, 3.05) is 30.3 Å². The minimum Gasteiger partial charge on any atom is -0.468 e. The van der Waals surface area contributed by atoms with E-state index in [9.17, 15) is 9.59 Å². The molecular formula is C25H28N4O3. The normalized spacial score (nSPS) is 15.0. The van der Waals surface area contributed by atoms with Crippen LogP contribution in [0.2, 0.25) is 0 Å². The van der Waals surface area contributed by atoms with Crippen molar-refractivity contribution in [3.05, 3.63) is 84.3 Å². The van der Waals surface area contributed by atoms with E-state index in [4.69, 9.17) is 4.42 Å². The Hall–Kier alpha value is -3.58. The summed E-state index contributed by atoms with van der Waals surface area (Å²) in [5, 5.41) is 8.57. The molecule has 0 radical (unpaired) electrons. The summed E-state index contributed by atoms with van der Waals surface area (Å²) in [5.74, 6) is 0.718. The molecule has 2 aromatic carbocycles. The Morgan fingerprint density at radius 2 is 1.53 bits per heavy atom. The Bertz CT molecular complexity index is 997. The van der Waals surface area contributed by atoms with Crippen LogP contribution in [-0.2, 0) is 0 Å². The van der Waals surface area contributed by atoms with Crippen LogP contribution in [0.1, 0.15) is 41.4 Å². The van der Waals surface area contributed by atoms with Crippen molar-refractivity contribution in [1.82, 2.24) is 10.2 Å². The predicted molar refractivity (Wildman–Crippen MR) is 125 cm³/mol. The number of para-hydroxylation sites is 1. The van der Waals surface area contributed by atoms with E-state index >= 15 is 0 Å². The second-order valence-corrected chi connectivity index (χ2v) is 7.86. The molecule has 0 aliphatic carbocycles. The number of rotatable bonds is 7. The first-order valence-corrected chi connectivity index (χ1v) is 11.0. The number of urea groups is 1. The zero-order chi connectivity index (χ0) is 22.2. The van der Waals surface area contributed by atoms with Gasteiger partial charge < -0.3 is 20.4 Å². The number of amides is 3. The van der Waals surface area contributed by atoms with Crippen LogP contribution in [0, 0.1) is 0 Å². The van der Waals surface area contributed by atoms with Gasteiger partial charge in [0.1, 0.15) is 5.76 Å². The maximum atomic E-state index is 12.7. The zero-order valence-corrected chi connectivity index (χ0v) is 17.9. The molecule has 2 heterocycles. The fraction of sp³-hybridized carbons (Fsp3) is 0.280. The van der Waals surface area contributed by atoms with Crippen LogP contribution < -0.4 is 16.0 Å². The molecule has 1 saturated heterocycles. The number of benzene rings is 2. The van der Waals surface area contributed by atoms with Crippen molar-refractivity contribution in [2.45, 2.75) is 25.3 Å². The highest BCUT2D eigenvalue weighted by atomic mass is 16.3. The molecule has 0 bridgehead atoms. The predicted octanol–water partition coefficient (Wildman–Crippen LogP) is 4.88. The van der Waals surface area contributed by atoms with Gasteiger partial charge >= 0.3 is 6.03 Å². The standard InChI is InChI=1S/C25H28N4O3/c30-24(26-18-22(23-10-7-17-32-23)29-15-5-2-6-16-29)19-11-13-21(14-12-19)28-25(31)27-20-8-3-1-4-9-20/h1,3-4,7-14,17,22H,2,5-6,15-16,18H2,(H,26,30)(H2,27,28,31). The summed E-state index contributed by atoms with van der Waals surface area (Å²) in [7, 11) is 0. The lowest BCUT2D eigenvalue weighted by Gasteiger charge is -2.33. The van der Waals surface area contributed by atoms with Crippen LogP contribution in [-0.4, -0.2) is 36.5 Å². The number of hydrogen-bond acceptors (Lipinski definition) is 4. The van der Waals surface area contributed by atoms with Crippen LogP contribution >= 0.6 is 0 Å². The molecule has 4 rings (SSSR count). The first kappa shape index (κ1) is 21.6. The molecule has 1 fully saturated rings. The smallest absolute Gasteiger partial charge is 0.323 e. The fourth-order valence-electron chi connectivity index (χ4n) is 3.93. The Morgan fingerprint density at radius 3 is 2.19 bits per heavy atom. The Balaban J connectivity index is 1.32. The highest BCUT2D eigenvalue weighted by Gasteiger charge is 2.25. The van der Waals surface area contributed by atoms with Gasteiger partial charge in [0.25, 0.3) is 5.91 Å². The molecule has 0 spiro atoms. The summed E-state index contributed by atoms with van der Waals surface area (Å²) in [6, 6.07) is 19.6. The molecule has 1 aliphatic rings. The third-order valence-corrected chi connectivity index (χ3v) is 5.60. The topological polar surface area (TPSA) is 86.6 Å². The summed E-state index contributed by atoms with van der Waals surface area (Å²) >= 11 is 0. The third kappa shape index (κ3) is 5.76. The van der Waals surface area contributed by atoms with Gasteiger partial charge in [-0.25, -0.2) is 4.79 Å². The number of anilines is 2. The van der Waals surface area contributed by atoms with Crippen LogP contribution in [0.5, 0.6) is 0 Å². The number of hydrogen-bond donors (Lipinski definition) is 3. The van der Waals surface area contributed by atoms with Gasteiger partial charge in [-0.2, -0.15) is 0 Å². The van der Waals surface area contributed by atoms with Crippen molar-refractivity contribution in [1.29, 1.82) is 0 Å². The maximum absolute atomic E-state index is 12.7. The summed E-state index contributed by atoms with van der Waals surface area (Å²) in [6.07, 6.45) is 5.25. The van der Waals surface area contributed by atoms with E-state index in [0.29, 0.717) is 23.5 Å². The van der Waals surface area contributed by atoms with Crippen LogP contribution in [0.25, 0.3) is 0 Å². The minimum atomic E-state index is -0.337. The molecular weight excluding hydrogens is 404 g/mol. The molecule has 166 valence electrons. The average molecular weight is 433 g/mol. The van der Waals surface area contributed by atoms with E-state index in [-0.39, 0.29) is 18.0 Å². The van der Waals surface area contributed by atoms with Gasteiger partial charge in [-0.15, -0.1) is 0 Å². The quantitative estimate of drug-likeness (QED) is 0.497. The number of carbonyl (C=O) groups excluding carboxylic acids is 2. The first-order chi connectivity index (χ1) is 15.7. The van der Waals surface area contributed by atoms with Crippen molar-refractivity contribution >= 4 is 23.3 Å². The van der Waals surface area contributed by atoms with Crippen LogP contribution in [0.15, 0.2) is 77.4 Å². The average Bonchev–Trinajstić information content (AvgIpc) is 3.35. The maximum Gasteiger partial charge on any atom is 0.323 e. The molecule has 1 aliphatic heterocycles. The van der Waals surface area contributed by atoms with Crippen molar-refractivity contribution < 1.29 is 14.0 Å². The molecule has 3 aromatic rings. The van der Waals surface area contributed by atoms with Gasteiger partial charge in [-0.1, -0.05) is 24.6 Å². The highest BCUT2D eigenvalue weighted by Crippen LogP contribution is 2.24. The largest absolute Gasteiger partial charge is 0.468 e. The Labute approximate surface area is 187 Å². The van der Waals surface area contributed by atoms with Gasteiger partial charge in [0.05, 0.1) is 12.3 Å². The first-order valence-electron chi connectivity index (χ1n) is 11.0. The lowest BCUT2D eigenvalue weighted by molar-refractivity contribution is 0.0914. The highest BCUT2D eigenvalue weighted by molar-refractivity contribution is 6.00. The zero-order valence-electron chi connectivity index (χ0n) is 17.9. The number of nitrogens with one attached hydrogen (secondary N) is 3. The number of nitrogens with zero attached hydrogens (tertiary/aromatic N) is 1. The van der Waals surface area contributed by atoms with Crippen molar-refractivity contribution in [2.24, 2.45) is 0 Å². The molecule has 1 atom stereocenters. The van der Waals surface area contributed by atoms with E-state index < -0.39 is 0 Å². The second-order valence-electron chi connectivity index (χ2n) is 7.86. The number of furan rings is 1. The fourth-order valence-corrected chi connectivity index (χ4v) is 3.93. The van der Waals surface area contributed by atoms with Crippen LogP contribution in [0.4, 0.5) is 16.2 Å². The molecule has 0 saturated carbocycles. The van der Waals surface area contributed by atoms with Gasteiger partial charge in [-0.3, -0.25) is 9.69 Å². The molecule has 3 N–H and O–H groups in total. The number of piperidine rings is 1. The molecule has 7 nitrogen and oxygen atoms in total. The van der Waals surface area contributed by atoms with E-state index in [0.717, 1.165) is 31.7 Å². The van der Waals surface area contributed by atoms with Gasteiger partial charge in [0.2, 0.25) is 0 Å². The molecule has 32 heavy (non-hydrogen) atoms. The summed E-state index contributed by atoms with van der Waals surface area (Å²) < 4.78 is 5.64. The third-order valence-electron chi connectivity index (χ3n) is 5.60. The lowest BCUT2D eigenvalue weighted by atomic mass is 10.1. The summed E-state index contributed by atoms with van der Waals surface area (Å²) in [6.45, 7) is 2.49. The second kappa shape index (κ2) is 10.6. The number of carbonyl (C=O) groups is 2. The lowest BCUT2D eigenvalue weighted by Crippen LogP contribution is -2.40.